The number of methoxy groups -OCH3 is 1. The maximum Gasteiger partial charge on any atom is 0.305 e. The summed E-state index contributed by atoms with van der Waals surface area (Å²) in [5, 5.41) is 12.9. The van der Waals surface area contributed by atoms with E-state index in [2.05, 4.69) is 10.3 Å². The average Bonchev–Trinajstić information content (AvgIpc) is 2.91. The number of carbonyl (C=O) groups excluding carboxylic acids is 1. The van der Waals surface area contributed by atoms with E-state index in [4.69, 9.17) is 9.84 Å². The van der Waals surface area contributed by atoms with E-state index in [1.165, 1.54) is 7.11 Å². The molecule has 2 rings (SSSR count). The van der Waals surface area contributed by atoms with Crippen molar-refractivity contribution >= 4 is 22.8 Å². The van der Waals surface area contributed by atoms with Crippen LogP contribution in [0.2, 0.25) is 0 Å². The summed E-state index contributed by atoms with van der Waals surface area (Å²) in [4.78, 5) is 26.2. The number of benzene rings is 1. The molecule has 0 aliphatic rings. The molecule has 0 aliphatic heterocycles. The number of hydrogen-bond acceptors (Lipinski definition) is 3. The molecule has 1 unspecified atom stereocenters. The molecule has 1 aromatic heterocycles. The number of hydrogen-bond donors (Lipinski definition) is 3. The van der Waals surface area contributed by atoms with Crippen LogP contribution < -0.4 is 5.32 Å². The molecule has 0 bridgehead atoms. The van der Waals surface area contributed by atoms with Crippen LogP contribution in [-0.2, 0) is 20.7 Å². The molecular weight excluding hydrogens is 296 g/mol. The molecule has 0 spiro atoms. The van der Waals surface area contributed by atoms with Gasteiger partial charge in [0.15, 0.2) is 0 Å². The standard InChI is InChI=1S/C17H22N2O4/c1-17(11-23-2,10-16(21)22)19-15(20)6-4-12-3-5-14-13(9-12)7-8-18-14/h3,5,7-9,18H,4,6,10-11H2,1-2H3,(H,19,20)(H,21,22). The normalized spacial score (nSPS) is 13.7. The average molecular weight is 318 g/mol. The van der Waals surface area contributed by atoms with Crippen molar-refractivity contribution in [3.63, 3.8) is 0 Å². The van der Waals surface area contributed by atoms with Crippen molar-refractivity contribution in [2.45, 2.75) is 31.7 Å². The highest BCUT2D eigenvalue weighted by molar-refractivity contribution is 5.81. The lowest BCUT2D eigenvalue weighted by molar-refractivity contribution is -0.139. The minimum atomic E-state index is -0.970. The van der Waals surface area contributed by atoms with Crippen molar-refractivity contribution in [2.75, 3.05) is 13.7 Å². The van der Waals surface area contributed by atoms with Crippen LogP contribution >= 0.6 is 0 Å². The van der Waals surface area contributed by atoms with Crippen LogP contribution in [0.4, 0.5) is 0 Å². The van der Waals surface area contributed by atoms with Gasteiger partial charge in [-0.15, -0.1) is 0 Å². The third-order valence-corrected chi connectivity index (χ3v) is 3.70. The third kappa shape index (κ3) is 4.82. The number of nitrogens with one attached hydrogen (secondary N) is 2. The number of carboxylic acid groups (broad SMARTS) is 1. The summed E-state index contributed by atoms with van der Waals surface area (Å²) in [6.45, 7) is 1.83. The first-order chi connectivity index (χ1) is 10.9. The van der Waals surface area contributed by atoms with Crippen LogP contribution in [0.3, 0.4) is 0 Å². The molecule has 0 aliphatic carbocycles. The lowest BCUT2D eigenvalue weighted by Gasteiger charge is -2.28. The van der Waals surface area contributed by atoms with Gasteiger partial charge in [0.2, 0.25) is 5.91 Å². The Kier molecular flexibility index (Phi) is 5.39. The highest BCUT2D eigenvalue weighted by atomic mass is 16.5. The van der Waals surface area contributed by atoms with Crippen molar-refractivity contribution in [1.82, 2.24) is 10.3 Å². The van der Waals surface area contributed by atoms with Crippen LogP contribution in [0.25, 0.3) is 10.9 Å². The fourth-order valence-corrected chi connectivity index (χ4v) is 2.70. The summed E-state index contributed by atoms with van der Waals surface area (Å²) in [6.07, 6.45) is 2.60. The number of rotatable bonds is 8. The Hall–Kier alpha value is -2.34. The zero-order chi connectivity index (χ0) is 16.9. The van der Waals surface area contributed by atoms with E-state index in [-0.39, 0.29) is 18.9 Å². The van der Waals surface area contributed by atoms with Gasteiger partial charge in [-0.3, -0.25) is 9.59 Å². The number of aromatic amines is 1. The molecule has 124 valence electrons. The van der Waals surface area contributed by atoms with E-state index in [9.17, 15) is 9.59 Å². The first-order valence-corrected chi connectivity index (χ1v) is 7.50. The van der Waals surface area contributed by atoms with E-state index < -0.39 is 11.5 Å². The summed E-state index contributed by atoms with van der Waals surface area (Å²) in [5.41, 5.74) is 1.23. The lowest BCUT2D eigenvalue weighted by atomic mass is 9.98. The molecule has 6 heteroatoms. The molecule has 1 heterocycles. The lowest BCUT2D eigenvalue weighted by Crippen LogP contribution is -2.50. The second kappa shape index (κ2) is 7.28. The molecule has 1 atom stereocenters. The van der Waals surface area contributed by atoms with Gasteiger partial charge in [0, 0.05) is 25.2 Å². The molecule has 1 aromatic carbocycles. The molecular formula is C17H22N2O4. The smallest absolute Gasteiger partial charge is 0.305 e. The largest absolute Gasteiger partial charge is 0.481 e. The SMILES string of the molecule is COCC(C)(CC(=O)O)NC(=O)CCc1ccc2[nH]ccc2c1. The quantitative estimate of drug-likeness (QED) is 0.695. The Labute approximate surface area is 134 Å². The van der Waals surface area contributed by atoms with Gasteiger partial charge < -0.3 is 20.1 Å². The van der Waals surface area contributed by atoms with E-state index in [0.717, 1.165) is 16.5 Å². The van der Waals surface area contributed by atoms with Gasteiger partial charge in [0.05, 0.1) is 18.6 Å². The minimum Gasteiger partial charge on any atom is -0.481 e. The van der Waals surface area contributed by atoms with E-state index in [0.29, 0.717) is 12.8 Å². The Morgan fingerprint density at radius 3 is 2.83 bits per heavy atom. The van der Waals surface area contributed by atoms with Crippen molar-refractivity contribution in [3.05, 3.63) is 36.0 Å². The van der Waals surface area contributed by atoms with Crippen molar-refractivity contribution in [3.8, 4) is 0 Å². The van der Waals surface area contributed by atoms with E-state index in [1.807, 2.05) is 30.5 Å². The Balaban J connectivity index is 1.93. The maximum absolute atomic E-state index is 12.1. The highest BCUT2D eigenvalue weighted by Gasteiger charge is 2.29. The molecule has 1 amide bonds. The Morgan fingerprint density at radius 2 is 2.13 bits per heavy atom. The summed E-state index contributed by atoms with van der Waals surface area (Å²) in [7, 11) is 1.48. The monoisotopic (exact) mass is 318 g/mol. The van der Waals surface area contributed by atoms with Gasteiger partial charge in [0.1, 0.15) is 0 Å². The summed E-state index contributed by atoms with van der Waals surface area (Å²) in [5.74, 6) is -1.15. The van der Waals surface area contributed by atoms with Gasteiger partial charge in [-0.25, -0.2) is 0 Å². The van der Waals surface area contributed by atoms with Crippen molar-refractivity contribution in [1.29, 1.82) is 0 Å². The zero-order valence-electron chi connectivity index (χ0n) is 13.4. The molecule has 0 radical (unpaired) electrons. The van der Waals surface area contributed by atoms with Gasteiger partial charge in [-0.2, -0.15) is 0 Å². The first-order valence-electron chi connectivity index (χ1n) is 7.50. The minimum absolute atomic E-state index is 0.153. The third-order valence-electron chi connectivity index (χ3n) is 3.70. The van der Waals surface area contributed by atoms with Crippen molar-refractivity contribution in [2.24, 2.45) is 0 Å². The van der Waals surface area contributed by atoms with Crippen LogP contribution in [-0.4, -0.2) is 41.2 Å². The Bertz CT molecular complexity index is 695. The molecule has 6 nitrogen and oxygen atoms in total. The van der Waals surface area contributed by atoms with E-state index in [1.54, 1.807) is 6.92 Å². The van der Waals surface area contributed by atoms with Crippen molar-refractivity contribution < 1.29 is 19.4 Å². The van der Waals surface area contributed by atoms with Crippen LogP contribution in [0.15, 0.2) is 30.5 Å². The molecule has 0 saturated heterocycles. The predicted molar refractivity (Wildman–Crippen MR) is 87.3 cm³/mol. The van der Waals surface area contributed by atoms with Gasteiger partial charge in [0.25, 0.3) is 0 Å². The number of aromatic nitrogens is 1. The van der Waals surface area contributed by atoms with Gasteiger partial charge in [-0.1, -0.05) is 6.07 Å². The van der Waals surface area contributed by atoms with E-state index >= 15 is 0 Å². The predicted octanol–water partition coefficient (Wildman–Crippen LogP) is 2.10. The molecule has 2 aromatic rings. The number of aryl methyl sites for hydroxylation is 1. The molecule has 3 N–H and O–H groups in total. The number of aliphatic carboxylic acids is 1. The number of H-pyrrole nitrogens is 1. The fraction of sp³-hybridized carbons (Fsp3) is 0.412. The number of fused-ring (bicyclic) bond motifs is 1. The second-order valence-electron chi connectivity index (χ2n) is 6.01. The molecule has 0 fully saturated rings. The summed E-state index contributed by atoms with van der Waals surface area (Å²) >= 11 is 0. The Morgan fingerprint density at radius 1 is 1.35 bits per heavy atom. The number of ether oxygens (including phenoxy) is 1. The zero-order valence-corrected chi connectivity index (χ0v) is 13.4. The maximum atomic E-state index is 12.1. The number of amides is 1. The van der Waals surface area contributed by atoms with Crippen LogP contribution in [0.1, 0.15) is 25.3 Å². The number of carboxylic acids is 1. The fourth-order valence-electron chi connectivity index (χ4n) is 2.70. The summed E-state index contributed by atoms with van der Waals surface area (Å²) in [6, 6.07) is 8.01. The first kappa shape index (κ1) is 17.0. The number of carbonyl (C=O) groups is 2. The highest BCUT2D eigenvalue weighted by Crippen LogP contribution is 2.16. The van der Waals surface area contributed by atoms with Gasteiger partial charge in [-0.05, 0) is 42.5 Å². The molecule has 0 saturated carbocycles. The van der Waals surface area contributed by atoms with Gasteiger partial charge >= 0.3 is 5.97 Å². The second-order valence-corrected chi connectivity index (χ2v) is 6.01. The van der Waals surface area contributed by atoms with Crippen LogP contribution in [0, 0.1) is 0 Å². The molecule has 23 heavy (non-hydrogen) atoms. The summed E-state index contributed by atoms with van der Waals surface area (Å²) < 4.78 is 5.03. The topological polar surface area (TPSA) is 91.4 Å². The van der Waals surface area contributed by atoms with Crippen LogP contribution in [0.5, 0.6) is 0 Å².